The molecule has 3 aromatic rings. The number of hydrogen-bond donors (Lipinski definition) is 2. The van der Waals surface area contributed by atoms with Crippen molar-refractivity contribution in [3.63, 3.8) is 0 Å². The van der Waals surface area contributed by atoms with Gasteiger partial charge >= 0.3 is 0 Å². The van der Waals surface area contributed by atoms with Gasteiger partial charge < -0.3 is 24.8 Å². The van der Waals surface area contributed by atoms with E-state index >= 15 is 0 Å². The van der Waals surface area contributed by atoms with Crippen LogP contribution < -0.4 is 20.3 Å². The first-order valence-corrected chi connectivity index (χ1v) is 22.2. The Morgan fingerprint density at radius 1 is 1.04 bits per heavy atom. The molecule has 0 bridgehead atoms. The molecule has 0 fully saturated rings. The SMILES string of the molecule is CCCCC1(CC)CN(c2ccccc2)c2cc(SC)c(OCC(=O)N[C@@H](C(=O)NCCP(C)(=O)OCC)c3ccccc3)cc2S(=O)(=O)C1. The predicted molar refractivity (Wildman–Crippen MR) is 202 cm³/mol. The molecule has 4 rings (SSSR count). The normalized spacial score (nSPS) is 18.6. The minimum Gasteiger partial charge on any atom is -0.483 e. The topological polar surface area (TPSA) is 131 Å². The van der Waals surface area contributed by atoms with E-state index in [9.17, 15) is 22.6 Å². The number of nitrogens with one attached hydrogen (secondary N) is 2. The van der Waals surface area contributed by atoms with Gasteiger partial charge in [-0.25, -0.2) is 8.42 Å². The monoisotopic (exact) mass is 743 g/mol. The third kappa shape index (κ3) is 10.1. The van der Waals surface area contributed by atoms with Crippen LogP contribution in [0.25, 0.3) is 0 Å². The molecule has 2 N–H and O–H groups in total. The van der Waals surface area contributed by atoms with Crippen LogP contribution in [0.3, 0.4) is 0 Å². The van der Waals surface area contributed by atoms with Gasteiger partial charge in [0.1, 0.15) is 11.8 Å². The third-order valence-corrected chi connectivity index (χ3v) is 13.6. The quantitative estimate of drug-likeness (QED) is 0.109. The van der Waals surface area contributed by atoms with Gasteiger partial charge in [-0.15, -0.1) is 11.8 Å². The van der Waals surface area contributed by atoms with Crippen LogP contribution in [-0.4, -0.2) is 71.4 Å². The summed E-state index contributed by atoms with van der Waals surface area (Å²) in [4.78, 5) is 29.6. The summed E-state index contributed by atoms with van der Waals surface area (Å²) in [6, 6.07) is 21.0. The maximum absolute atomic E-state index is 14.2. The molecule has 0 radical (unpaired) electrons. The lowest BCUT2D eigenvalue weighted by molar-refractivity contribution is -0.130. The molecule has 3 aromatic carbocycles. The summed E-state index contributed by atoms with van der Waals surface area (Å²) >= 11 is 1.40. The van der Waals surface area contributed by atoms with E-state index in [0.717, 1.165) is 24.9 Å². The molecule has 3 atom stereocenters. The number of carbonyl (C=O) groups is 2. The number of anilines is 2. The fourth-order valence-electron chi connectivity index (χ4n) is 6.26. The molecule has 0 spiro atoms. The van der Waals surface area contributed by atoms with Gasteiger partial charge in [-0.1, -0.05) is 75.2 Å². The number of benzene rings is 3. The zero-order valence-corrected chi connectivity index (χ0v) is 32.2. The predicted octanol–water partition coefficient (Wildman–Crippen LogP) is 7.22. The summed E-state index contributed by atoms with van der Waals surface area (Å²) < 4.78 is 52.3. The Hall–Kier alpha value is -3.31. The van der Waals surface area contributed by atoms with Gasteiger partial charge in [-0.2, -0.15) is 0 Å². The molecule has 0 aromatic heterocycles. The Bertz CT molecular complexity index is 1760. The van der Waals surface area contributed by atoms with Gasteiger partial charge in [0, 0.05) is 43.1 Å². The Balaban J connectivity index is 1.61. The second-order valence-corrected chi connectivity index (χ2v) is 18.3. The van der Waals surface area contributed by atoms with Crippen molar-refractivity contribution in [1.29, 1.82) is 0 Å². The number of ether oxygens (including phenoxy) is 1. The molecule has 0 saturated carbocycles. The van der Waals surface area contributed by atoms with Gasteiger partial charge in [-0.3, -0.25) is 14.2 Å². The summed E-state index contributed by atoms with van der Waals surface area (Å²) in [5, 5.41) is 5.52. The van der Waals surface area contributed by atoms with Crippen LogP contribution in [-0.2, 0) is 28.5 Å². The van der Waals surface area contributed by atoms with Crippen molar-refractivity contribution < 1.29 is 31.8 Å². The minimum atomic E-state index is -3.76. The summed E-state index contributed by atoms with van der Waals surface area (Å²) in [5.41, 5.74) is 1.61. The molecule has 50 heavy (non-hydrogen) atoms. The van der Waals surface area contributed by atoms with Crippen LogP contribution in [0.2, 0.25) is 0 Å². The molecule has 13 heteroatoms. The maximum Gasteiger partial charge on any atom is 0.258 e. The number of fused-ring (bicyclic) bond motifs is 1. The molecule has 272 valence electrons. The molecule has 10 nitrogen and oxygen atoms in total. The Morgan fingerprint density at radius 2 is 1.72 bits per heavy atom. The van der Waals surface area contributed by atoms with E-state index < -0.39 is 47.1 Å². The van der Waals surface area contributed by atoms with E-state index in [1.165, 1.54) is 18.4 Å². The first kappa shape index (κ1) is 39.5. The lowest BCUT2D eigenvalue weighted by Gasteiger charge is -2.36. The Kier molecular flexibility index (Phi) is 14.0. The summed E-state index contributed by atoms with van der Waals surface area (Å²) in [6.07, 6.45) is 5.43. The number of nitrogens with zero attached hydrogens (tertiary/aromatic N) is 1. The molecule has 2 unspecified atom stereocenters. The van der Waals surface area contributed by atoms with E-state index in [1.54, 1.807) is 37.3 Å². The van der Waals surface area contributed by atoms with Crippen LogP contribution in [0.15, 0.2) is 82.6 Å². The molecule has 0 aliphatic carbocycles. The van der Waals surface area contributed by atoms with Crippen LogP contribution in [0, 0.1) is 5.41 Å². The van der Waals surface area contributed by atoms with Crippen molar-refractivity contribution in [2.75, 3.05) is 56.0 Å². The zero-order valence-electron chi connectivity index (χ0n) is 29.6. The molecule has 0 saturated heterocycles. The molecule has 1 aliphatic rings. The van der Waals surface area contributed by atoms with Crippen molar-refractivity contribution >= 4 is 52.2 Å². The minimum absolute atomic E-state index is 0.0112. The van der Waals surface area contributed by atoms with Gasteiger partial charge in [0.05, 0.1) is 27.8 Å². The summed E-state index contributed by atoms with van der Waals surface area (Å²) in [5.74, 6) is -0.747. The van der Waals surface area contributed by atoms with Crippen LogP contribution in [0.4, 0.5) is 11.4 Å². The lowest BCUT2D eigenvalue weighted by Crippen LogP contribution is -2.42. The Morgan fingerprint density at radius 3 is 2.34 bits per heavy atom. The highest BCUT2D eigenvalue weighted by Gasteiger charge is 2.42. The van der Waals surface area contributed by atoms with Crippen LogP contribution in [0.5, 0.6) is 5.75 Å². The second-order valence-electron chi connectivity index (χ2n) is 12.8. The van der Waals surface area contributed by atoms with Crippen molar-refractivity contribution in [2.45, 2.75) is 62.3 Å². The summed E-state index contributed by atoms with van der Waals surface area (Å²) in [7, 11) is -6.62. The maximum atomic E-state index is 14.2. The third-order valence-electron chi connectivity index (χ3n) is 9.02. The van der Waals surface area contributed by atoms with Gasteiger partial charge in [0.25, 0.3) is 5.91 Å². The van der Waals surface area contributed by atoms with E-state index in [-0.39, 0.29) is 29.1 Å². The second kappa shape index (κ2) is 17.8. The van der Waals surface area contributed by atoms with Crippen LogP contribution >= 0.6 is 19.1 Å². The van der Waals surface area contributed by atoms with E-state index in [0.29, 0.717) is 35.7 Å². The average molecular weight is 744 g/mol. The standard InChI is InChI=1S/C37H50N3O7PS2/c1-6-9-20-37(7-2)26-40(29-18-14-11-15-19-29)30-23-32(49-5)31(24-33(30)50(44,45)27-37)46-25-34(41)39-35(28-16-12-10-13-17-28)36(42)38-21-22-48(4,43)47-8-3/h10-19,23-24,35H,6-9,20-22,25-27H2,1-5H3,(H,38,42)(H,39,41)/t35-,37?,48?/m1/s1. The van der Waals surface area contributed by atoms with Gasteiger partial charge in [0.15, 0.2) is 16.4 Å². The van der Waals surface area contributed by atoms with Crippen molar-refractivity contribution in [1.82, 2.24) is 10.6 Å². The largest absolute Gasteiger partial charge is 0.483 e. The van der Waals surface area contributed by atoms with Gasteiger partial charge in [0.2, 0.25) is 13.3 Å². The first-order valence-electron chi connectivity index (χ1n) is 17.1. The molecule has 2 amide bonds. The fourth-order valence-corrected chi connectivity index (χ4v) is 10.2. The fraction of sp³-hybridized carbons (Fsp3) is 0.459. The zero-order chi connectivity index (χ0) is 36.4. The van der Waals surface area contributed by atoms with Gasteiger partial charge in [-0.05, 0) is 49.8 Å². The lowest BCUT2D eigenvalue weighted by atomic mass is 9.81. The Labute approximate surface area is 301 Å². The van der Waals surface area contributed by atoms with E-state index in [2.05, 4.69) is 29.4 Å². The molecular weight excluding hydrogens is 694 g/mol. The molecule has 1 aliphatic heterocycles. The number of rotatable bonds is 17. The average Bonchev–Trinajstić information content (AvgIpc) is 3.20. The van der Waals surface area contributed by atoms with E-state index in [4.69, 9.17) is 9.26 Å². The molecule has 1 heterocycles. The number of amides is 2. The highest BCUT2D eigenvalue weighted by Crippen LogP contribution is 2.47. The van der Waals surface area contributed by atoms with Crippen LogP contribution in [0.1, 0.15) is 58.1 Å². The van der Waals surface area contributed by atoms with E-state index in [1.807, 2.05) is 48.7 Å². The smallest absolute Gasteiger partial charge is 0.258 e. The highest BCUT2D eigenvalue weighted by molar-refractivity contribution is 7.98. The molecular formula is C37H50N3O7PS2. The number of sulfone groups is 1. The number of hydrogen-bond acceptors (Lipinski definition) is 9. The van der Waals surface area contributed by atoms with Crippen molar-refractivity contribution in [3.8, 4) is 5.75 Å². The number of thioether (sulfide) groups is 1. The number of para-hydroxylation sites is 1. The number of unbranched alkanes of at least 4 members (excludes halogenated alkanes) is 1. The van der Waals surface area contributed by atoms with Crippen molar-refractivity contribution in [2.24, 2.45) is 5.41 Å². The number of carbonyl (C=O) groups excluding carboxylic acids is 2. The van der Waals surface area contributed by atoms with Crippen molar-refractivity contribution in [3.05, 3.63) is 78.4 Å². The highest BCUT2D eigenvalue weighted by atomic mass is 32.2. The summed E-state index contributed by atoms with van der Waals surface area (Å²) in [6.45, 7) is 8.00. The first-order chi connectivity index (χ1) is 23.9.